The molecule has 0 bridgehead atoms. The molecule has 0 spiro atoms. The summed E-state index contributed by atoms with van der Waals surface area (Å²) in [6, 6.07) is 0. The number of hydrogen-bond donors (Lipinski definition) is 0. The first-order chi connectivity index (χ1) is 1.91. The Morgan fingerprint density at radius 3 is 1.20 bits per heavy atom. The van der Waals surface area contributed by atoms with Gasteiger partial charge in [0, 0.05) is 0 Å². The first-order valence-electron chi connectivity index (χ1n) is 1.49. The van der Waals surface area contributed by atoms with Crippen LogP contribution in [0.2, 0.25) is 0 Å². The molecule has 0 rings (SSSR count). The summed E-state index contributed by atoms with van der Waals surface area (Å²) >= 11 is 0. The summed E-state index contributed by atoms with van der Waals surface area (Å²) in [7, 11) is 0. The Bertz CT molecular complexity index is 18.8. The van der Waals surface area contributed by atoms with Gasteiger partial charge in [0.1, 0.15) is 0 Å². The molecule has 0 nitrogen and oxygen atoms in total. The zero-order valence-electron chi connectivity index (χ0n) is 3.15. The minimum absolute atomic E-state index is 0. The summed E-state index contributed by atoms with van der Waals surface area (Å²) in [4.78, 5) is 0. The van der Waals surface area contributed by atoms with Gasteiger partial charge in [0.15, 0.2) is 0 Å². The molecule has 5 heavy (non-hydrogen) atoms. The molecule has 1 heteroatoms. The predicted molar refractivity (Wildman–Crippen MR) is 27.6 cm³/mol. The van der Waals surface area contributed by atoms with Crippen molar-refractivity contribution >= 4 is 29.6 Å². The Labute approximate surface area is 55.6 Å². The fourth-order valence-electron chi connectivity index (χ4n) is 0. The van der Waals surface area contributed by atoms with Crippen molar-refractivity contribution in [2.24, 2.45) is 0 Å². The first kappa shape index (κ1) is 9.22. The standard InChI is InChI=1S/C4H8.Na.H/c1-3-4-2;;/h3-4H,1-2H3;;. The van der Waals surface area contributed by atoms with Crippen molar-refractivity contribution in [3.8, 4) is 0 Å². The molecule has 0 unspecified atom stereocenters. The Morgan fingerprint density at radius 2 is 1.20 bits per heavy atom. The first-order valence-corrected chi connectivity index (χ1v) is 1.49. The van der Waals surface area contributed by atoms with E-state index in [2.05, 4.69) is 0 Å². The maximum absolute atomic E-state index is 2.00. The Morgan fingerprint density at radius 1 is 1.00 bits per heavy atom. The van der Waals surface area contributed by atoms with E-state index in [4.69, 9.17) is 0 Å². The summed E-state index contributed by atoms with van der Waals surface area (Å²) in [5, 5.41) is 0. The molecule has 0 N–H and O–H groups in total. The number of rotatable bonds is 0. The van der Waals surface area contributed by atoms with Gasteiger partial charge >= 0.3 is 29.6 Å². The van der Waals surface area contributed by atoms with Crippen molar-refractivity contribution in [3.63, 3.8) is 0 Å². The third-order valence-electron chi connectivity index (χ3n) is 0.333. The third kappa shape index (κ3) is 11.8. The fourth-order valence-corrected chi connectivity index (χ4v) is 0. The van der Waals surface area contributed by atoms with E-state index < -0.39 is 0 Å². The van der Waals surface area contributed by atoms with E-state index in [1.54, 1.807) is 0 Å². The monoisotopic (exact) mass is 80.1 g/mol. The molecule has 0 saturated carbocycles. The molecule has 0 saturated heterocycles. The molecule has 0 aromatic rings. The maximum atomic E-state index is 2.00. The number of allylic oxidation sites excluding steroid dienone is 2. The molecule has 0 amide bonds. The van der Waals surface area contributed by atoms with E-state index in [-0.39, 0.29) is 29.6 Å². The van der Waals surface area contributed by atoms with Crippen molar-refractivity contribution < 1.29 is 0 Å². The van der Waals surface area contributed by atoms with E-state index in [9.17, 15) is 0 Å². The third-order valence-corrected chi connectivity index (χ3v) is 0.333. The Balaban J connectivity index is 0. The van der Waals surface area contributed by atoms with Crippen LogP contribution in [0.3, 0.4) is 0 Å². The average molecular weight is 80.1 g/mol. The van der Waals surface area contributed by atoms with Crippen LogP contribution in [0.4, 0.5) is 0 Å². The van der Waals surface area contributed by atoms with E-state index in [1.807, 2.05) is 26.0 Å². The quantitative estimate of drug-likeness (QED) is 0.300. The molecule has 0 fully saturated rings. The van der Waals surface area contributed by atoms with Gasteiger partial charge in [-0.1, -0.05) is 12.2 Å². The molecular formula is C4H9Na. The molecule has 26 valence electrons. The Hall–Kier alpha value is 0.740. The summed E-state index contributed by atoms with van der Waals surface area (Å²) in [5.41, 5.74) is 0. The molecule has 0 aromatic carbocycles. The second-order valence-electron chi connectivity index (χ2n) is 0.667. The van der Waals surface area contributed by atoms with Crippen molar-refractivity contribution in [2.45, 2.75) is 13.8 Å². The predicted octanol–water partition coefficient (Wildman–Crippen LogP) is 0.934. The van der Waals surface area contributed by atoms with Gasteiger partial charge in [-0.05, 0) is 13.8 Å². The van der Waals surface area contributed by atoms with Crippen molar-refractivity contribution in [1.29, 1.82) is 0 Å². The van der Waals surface area contributed by atoms with Crippen molar-refractivity contribution in [1.82, 2.24) is 0 Å². The van der Waals surface area contributed by atoms with Crippen LogP contribution in [0.25, 0.3) is 0 Å². The Kier molecular flexibility index (Phi) is 16.3. The molecule has 0 aliphatic heterocycles. The fraction of sp³-hybridized carbons (Fsp3) is 0.500. The van der Waals surface area contributed by atoms with Crippen LogP contribution in [-0.2, 0) is 0 Å². The molecule has 0 aliphatic rings. The molecule has 0 atom stereocenters. The molecule has 0 aromatic heterocycles. The second kappa shape index (κ2) is 8.83. The average Bonchev–Trinajstić information content (AvgIpc) is 1.37. The summed E-state index contributed by atoms with van der Waals surface area (Å²) in [6.07, 6.45) is 4.00. The van der Waals surface area contributed by atoms with Crippen LogP contribution in [0.1, 0.15) is 13.8 Å². The van der Waals surface area contributed by atoms with Crippen molar-refractivity contribution in [3.05, 3.63) is 12.2 Å². The van der Waals surface area contributed by atoms with Gasteiger partial charge in [-0.15, -0.1) is 0 Å². The van der Waals surface area contributed by atoms with Crippen molar-refractivity contribution in [2.75, 3.05) is 0 Å². The van der Waals surface area contributed by atoms with Crippen LogP contribution < -0.4 is 0 Å². The van der Waals surface area contributed by atoms with Gasteiger partial charge in [0.25, 0.3) is 0 Å². The van der Waals surface area contributed by atoms with Gasteiger partial charge in [-0.25, -0.2) is 0 Å². The van der Waals surface area contributed by atoms with Gasteiger partial charge in [0.05, 0.1) is 0 Å². The van der Waals surface area contributed by atoms with Gasteiger partial charge < -0.3 is 0 Å². The SMILES string of the molecule is CC=CC.[NaH]. The zero-order valence-corrected chi connectivity index (χ0v) is 3.15. The summed E-state index contributed by atoms with van der Waals surface area (Å²) in [5.74, 6) is 0. The van der Waals surface area contributed by atoms with Gasteiger partial charge in [-0.2, -0.15) is 0 Å². The topological polar surface area (TPSA) is 0 Å². The zero-order chi connectivity index (χ0) is 3.41. The van der Waals surface area contributed by atoms with E-state index in [1.165, 1.54) is 0 Å². The number of hydrogen-bond acceptors (Lipinski definition) is 0. The van der Waals surface area contributed by atoms with Crippen LogP contribution >= 0.6 is 0 Å². The second-order valence-corrected chi connectivity index (χ2v) is 0.667. The minimum atomic E-state index is 0. The van der Waals surface area contributed by atoms with Crippen LogP contribution in [0.15, 0.2) is 12.2 Å². The van der Waals surface area contributed by atoms with Crippen LogP contribution in [-0.4, -0.2) is 29.6 Å². The molecular weight excluding hydrogens is 71.0 g/mol. The molecule has 0 heterocycles. The van der Waals surface area contributed by atoms with Gasteiger partial charge in [0.2, 0.25) is 0 Å². The van der Waals surface area contributed by atoms with Crippen LogP contribution in [0, 0.1) is 0 Å². The normalized spacial score (nSPS) is 7.60. The van der Waals surface area contributed by atoms with E-state index in [0.717, 1.165) is 0 Å². The molecule has 0 radical (unpaired) electrons. The summed E-state index contributed by atoms with van der Waals surface area (Å²) in [6.45, 7) is 4.00. The molecule has 0 aliphatic carbocycles. The van der Waals surface area contributed by atoms with Crippen LogP contribution in [0.5, 0.6) is 0 Å². The summed E-state index contributed by atoms with van der Waals surface area (Å²) < 4.78 is 0. The van der Waals surface area contributed by atoms with E-state index >= 15 is 0 Å². The van der Waals surface area contributed by atoms with E-state index in [0.29, 0.717) is 0 Å². The van der Waals surface area contributed by atoms with Gasteiger partial charge in [-0.3, -0.25) is 0 Å².